The van der Waals surface area contributed by atoms with Gasteiger partial charge in [0.05, 0.1) is 0 Å². The molecule has 0 saturated heterocycles. The van der Waals surface area contributed by atoms with Gasteiger partial charge in [-0.25, -0.2) is 4.39 Å². The number of hydrogen-bond acceptors (Lipinski definition) is 2. The molecule has 1 N–H and O–H groups in total. The number of hydrogen-bond donors (Lipinski definition) is 1. The normalized spacial score (nSPS) is 14.5. The smallest absolute Gasteiger partial charge is 0.123 e. The Morgan fingerprint density at radius 2 is 1.80 bits per heavy atom. The summed E-state index contributed by atoms with van der Waals surface area (Å²) >= 11 is 7.90. The molecule has 2 aromatic carbocycles. The molecule has 0 spiro atoms. The number of nitrogens with one attached hydrogen (secondary N) is 1. The summed E-state index contributed by atoms with van der Waals surface area (Å²) in [5.74, 6) is -0.214. The number of halogens is 2. The summed E-state index contributed by atoms with van der Waals surface area (Å²) in [7, 11) is 0. The highest BCUT2D eigenvalue weighted by molar-refractivity contribution is 7.99. The Hall–Kier alpha value is -1.03. The highest BCUT2D eigenvalue weighted by atomic mass is 35.5. The van der Waals surface area contributed by atoms with Crippen molar-refractivity contribution in [2.24, 2.45) is 0 Å². The lowest BCUT2D eigenvalue weighted by atomic mass is 10.2. The Balaban J connectivity index is 1.67. The van der Waals surface area contributed by atoms with Crippen LogP contribution in [-0.4, -0.2) is 6.04 Å². The zero-order chi connectivity index (χ0) is 13.9. The predicted octanol–water partition coefficient (Wildman–Crippen LogP) is 4.88. The summed E-state index contributed by atoms with van der Waals surface area (Å²) in [4.78, 5) is 2.07. The Kier molecular flexibility index (Phi) is 4.29. The number of rotatable bonds is 5. The molecular weight excluding hydrogens is 293 g/mol. The van der Waals surface area contributed by atoms with Gasteiger partial charge in [0.1, 0.15) is 5.82 Å². The summed E-state index contributed by atoms with van der Waals surface area (Å²) in [5, 5.41) is 4.24. The third-order valence-electron chi connectivity index (χ3n) is 3.23. The van der Waals surface area contributed by atoms with Crippen molar-refractivity contribution in [3.05, 3.63) is 58.9 Å². The number of benzene rings is 2. The minimum atomic E-state index is -0.214. The van der Waals surface area contributed by atoms with E-state index in [1.54, 1.807) is 23.9 Å². The van der Waals surface area contributed by atoms with E-state index in [1.165, 1.54) is 25.0 Å². The van der Waals surface area contributed by atoms with E-state index in [-0.39, 0.29) is 5.82 Å². The fourth-order valence-corrected chi connectivity index (χ4v) is 3.08. The molecule has 2 aromatic rings. The quantitative estimate of drug-likeness (QED) is 0.844. The zero-order valence-electron chi connectivity index (χ0n) is 10.9. The van der Waals surface area contributed by atoms with Gasteiger partial charge < -0.3 is 5.32 Å². The topological polar surface area (TPSA) is 12.0 Å². The molecule has 1 nitrogen and oxygen atoms in total. The summed E-state index contributed by atoms with van der Waals surface area (Å²) < 4.78 is 12.9. The first kappa shape index (κ1) is 13.9. The molecule has 0 amide bonds. The first-order valence-corrected chi connectivity index (χ1v) is 7.85. The van der Waals surface area contributed by atoms with E-state index in [1.807, 2.05) is 6.07 Å². The zero-order valence-corrected chi connectivity index (χ0v) is 12.5. The van der Waals surface area contributed by atoms with Crippen molar-refractivity contribution in [3.63, 3.8) is 0 Å². The van der Waals surface area contributed by atoms with E-state index in [4.69, 9.17) is 11.6 Å². The Bertz CT molecular complexity index is 596. The molecule has 0 aromatic heterocycles. The van der Waals surface area contributed by atoms with Crippen LogP contribution in [-0.2, 0) is 6.54 Å². The van der Waals surface area contributed by atoms with E-state index >= 15 is 0 Å². The van der Waals surface area contributed by atoms with Crippen LogP contribution in [0.4, 0.5) is 4.39 Å². The maximum Gasteiger partial charge on any atom is 0.123 e. The minimum absolute atomic E-state index is 0.214. The Morgan fingerprint density at radius 3 is 2.45 bits per heavy atom. The predicted molar refractivity (Wildman–Crippen MR) is 81.8 cm³/mol. The van der Waals surface area contributed by atoms with E-state index in [0.29, 0.717) is 6.04 Å². The lowest BCUT2D eigenvalue weighted by Gasteiger charge is -2.08. The summed E-state index contributed by atoms with van der Waals surface area (Å²) in [6, 6.07) is 13.3. The van der Waals surface area contributed by atoms with E-state index < -0.39 is 0 Å². The third-order valence-corrected chi connectivity index (χ3v) is 4.58. The first-order valence-electron chi connectivity index (χ1n) is 6.66. The molecule has 3 rings (SSSR count). The highest BCUT2D eigenvalue weighted by Gasteiger charge is 2.20. The molecule has 0 bridgehead atoms. The minimum Gasteiger partial charge on any atom is -0.310 e. The van der Waals surface area contributed by atoms with E-state index in [0.717, 1.165) is 26.9 Å². The van der Waals surface area contributed by atoms with Crippen molar-refractivity contribution >= 4 is 23.4 Å². The highest BCUT2D eigenvalue weighted by Crippen LogP contribution is 2.31. The van der Waals surface area contributed by atoms with Gasteiger partial charge in [0.15, 0.2) is 0 Å². The molecule has 1 fully saturated rings. The first-order chi connectivity index (χ1) is 9.70. The van der Waals surface area contributed by atoms with Crippen molar-refractivity contribution in [1.82, 2.24) is 5.32 Å². The van der Waals surface area contributed by atoms with Crippen LogP contribution >= 0.6 is 23.4 Å². The van der Waals surface area contributed by atoms with Gasteiger partial charge in [0.2, 0.25) is 0 Å². The average Bonchev–Trinajstić information content (AvgIpc) is 3.25. The largest absolute Gasteiger partial charge is 0.310 e. The molecule has 4 heteroatoms. The maximum atomic E-state index is 12.9. The van der Waals surface area contributed by atoms with Gasteiger partial charge in [-0.1, -0.05) is 29.4 Å². The molecule has 20 heavy (non-hydrogen) atoms. The lowest BCUT2D eigenvalue weighted by Crippen LogP contribution is -2.15. The molecule has 104 valence electrons. The fourth-order valence-electron chi connectivity index (χ4n) is 1.92. The van der Waals surface area contributed by atoms with Crippen LogP contribution in [0.25, 0.3) is 0 Å². The average molecular weight is 308 g/mol. The molecule has 1 aliphatic rings. The molecule has 1 saturated carbocycles. The van der Waals surface area contributed by atoms with E-state index in [9.17, 15) is 4.39 Å². The summed E-state index contributed by atoms with van der Waals surface area (Å²) in [6.07, 6.45) is 2.55. The van der Waals surface area contributed by atoms with Crippen LogP contribution in [0.15, 0.2) is 52.3 Å². The van der Waals surface area contributed by atoms with Crippen molar-refractivity contribution < 1.29 is 4.39 Å². The molecule has 0 heterocycles. The van der Waals surface area contributed by atoms with Gasteiger partial charge >= 0.3 is 0 Å². The SMILES string of the molecule is Fc1ccc(Sc2ccc(CNC3CC3)c(Cl)c2)cc1. The van der Waals surface area contributed by atoms with Crippen molar-refractivity contribution in [3.8, 4) is 0 Å². The van der Waals surface area contributed by atoms with Crippen LogP contribution in [0.2, 0.25) is 5.02 Å². The van der Waals surface area contributed by atoms with Gasteiger partial charge in [-0.3, -0.25) is 0 Å². The van der Waals surface area contributed by atoms with Gasteiger partial charge in [-0.2, -0.15) is 0 Å². The Morgan fingerprint density at radius 1 is 1.10 bits per heavy atom. The Labute approximate surface area is 127 Å². The molecule has 0 radical (unpaired) electrons. The van der Waals surface area contributed by atoms with Crippen LogP contribution < -0.4 is 5.32 Å². The second-order valence-electron chi connectivity index (χ2n) is 4.96. The molecule has 1 aliphatic carbocycles. The van der Waals surface area contributed by atoms with Crippen molar-refractivity contribution in [1.29, 1.82) is 0 Å². The van der Waals surface area contributed by atoms with Crippen LogP contribution in [0.5, 0.6) is 0 Å². The second-order valence-corrected chi connectivity index (χ2v) is 6.52. The fraction of sp³-hybridized carbons (Fsp3) is 0.250. The van der Waals surface area contributed by atoms with Gasteiger partial charge in [-0.15, -0.1) is 0 Å². The van der Waals surface area contributed by atoms with Gasteiger partial charge in [0, 0.05) is 27.4 Å². The second kappa shape index (κ2) is 6.17. The standard InChI is InChI=1S/C16H15ClFNS/c17-16-9-15(20-14-7-2-12(18)3-8-14)6-1-11(16)10-19-13-4-5-13/h1-3,6-9,13,19H,4-5,10H2. The molecule has 0 aliphatic heterocycles. The van der Waals surface area contributed by atoms with Crippen molar-refractivity contribution in [2.45, 2.75) is 35.2 Å². The van der Waals surface area contributed by atoms with Gasteiger partial charge in [0.25, 0.3) is 0 Å². The summed E-state index contributed by atoms with van der Waals surface area (Å²) in [5.41, 5.74) is 1.13. The summed E-state index contributed by atoms with van der Waals surface area (Å²) in [6.45, 7) is 0.824. The van der Waals surface area contributed by atoms with Crippen molar-refractivity contribution in [2.75, 3.05) is 0 Å². The molecule has 0 atom stereocenters. The van der Waals surface area contributed by atoms with Crippen LogP contribution in [0.3, 0.4) is 0 Å². The molecule has 0 unspecified atom stereocenters. The monoisotopic (exact) mass is 307 g/mol. The van der Waals surface area contributed by atoms with Gasteiger partial charge in [-0.05, 0) is 54.8 Å². The lowest BCUT2D eigenvalue weighted by molar-refractivity contribution is 0.626. The maximum absolute atomic E-state index is 12.9. The third kappa shape index (κ3) is 3.75. The van der Waals surface area contributed by atoms with Crippen LogP contribution in [0.1, 0.15) is 18.4 Å². The molecular formula is C16H15ClFNS. The van der Waals surface area contributed by atoms with Crippen LogP contribution in [0, 0.1) is 5.82 Å². The van der Waals surface area contributed by atoms with E-state index in [2.05, 4.69) is 17.4 Å².